The van der Waals surface area contributed by atoms with Gasteiger partial charge in [0.05, 0.1) is 29.6 Å². The summed E-state index contributed by atoms with van der Waals surface area (Å²) in [6.45, 7) is 0. The Morgan fingerprint density at radius 1 is 1.10 bits per heavy atom. The maximum absolute atomic E-state index is 12.5. The van der Waals surface area contributed by atoms with Gasteiger partial charge in [0.15, 0.2) is 0 Å². The molecule has 31 heavy (non-hydrogen) atoms. The summed E-state index contributed by atoms with van der Waals surface area (Å²) in [5, 5.41) is 13.4. The van der Waals surface area contributed by atoms with Gasteiger partial charge in [0.25, 0.3) is 5.91 Å². The predicted molar refractivity (Wildman–Crippen MR) is 124 cm³/mol. The zero-order valence-corrected chi connectivity index (χ0v) is 17.4. The van der Waals surface area contributed by atoms with E-state index in [2.05, 4.69) is 20.7 Å². The van der Waals surface area contributed by atoms with Gasteiger partial charge in [-0.15, -0.1) is 0 Å². The van der Waals surface area contributed by atoms with Gasteiger partial charge in [0.1, 0.15) is 11.4 Å². The van der Waals surface area contributed by atoms with Crippen LogP contribution in [-0.2, 0) is 0 Å². The molecule has 0 spiro atoms. The van der Waals surface area contributed by atoms with Crippen molar-refractivity contribution in [1.82, 2.24) is 15.6 Å². The third kappa shape index (κ3) is 4.65. The molecule has 6 nitrogen and oxygen atoms in total. The van der Waals surface area contributed by atoms with Crippen LogP contribution in [0.1, 0.15) is 16.1 Å². The number of allylic oxidation sites excluding steroid dienone is 1. The maximum atomic E-state index is 12.5. The zero-order chi connectivity index (χ0) is 21.6. The zero-order valence-electron chi connectivity index (χ0n) is 16.7. The van der Waals surface area contributed by atoms with Crippen molar-refractivity contribution in [2.45, 2.75) is 0 Å². The summed E-state index contributed by atoms with van der Waals surface area (Å²) in [5.41, 5.74) is 5.07. The van der Waals surface area contributed by atoms with Gasteiger partial charge in [-0.05, 0) is 34.5 Å². The first-order valence-electron chi connectivity index (χ1n) is 9.53. The summed E-state index contributed by atoms with van der Waals surface area (Å²) in [6, 6.07) is 23.0. The molecule has 0 radical (unpaired) electrons. The van der Waals surface area contributed by atoms with Crippen molar-refractivity contribution in [3.8, 4) is 17.0 Å². The molecule has 0 bridgehead atoms. The first kappa shape index (κ1) is 20.4. The molecule has 0 saturated carbocycles. The van der Waals surface area contributed by atoms with Crippen LogP contribution in [-0.4, -0.2) is 29.4 Å². The van der Waals surface area contributed by atoms with Gasteiger partial charge in [-0.1, -0.05) is 72.3 Å². The fourth-order valence-corrected chi connectivity index (χ4v) is 3.39. The Kier molecular flexibility index (Phi) is 6.10. The van der Waals surface area contributed by atoms with Gasteiger partial charge in [-0.2, -0.15) is 10.2 Å². The van der Waals surface area contributed by atoms with E-state index in [1.165, 1.54) is 6.21 Å². The van der Waals surface area contributed by atoms with Crippen LogP contribution in [0.15, 0.2) is 82.9 Å². The summed E-state index contributed by atoms with van der Waals surface area (Å²) in [5.74, 6) is 0.242. The van der Waals surface area contributed by atoms with Gasteiger partial charge in [0, 0.05) is 0 Å². The molecule has 7 heteroatoms. The number of carbonyl (C=O) groups is 1. The molecule has 4 aromatic rings. The van der Waals surface area contributed by atoms with Crippen molar-refractivity contribution in [2.24, 2.45) is 5.10 Å². The average Bonchev–Trinajstić information content (AvgIpc) is 3.29. The van der Waals surface area contributed by atoms with Crippen LogP contribution < -0.4 is 10.2 Å². The second kappa shape index (κ2) is 9.28. The minimum atomic E-state index is -0.432. The standard InChI is InChI=1S/C24H19ClN4O2/c1-31-22-12-11-17-9-5-6-10-19(17)23(22)20-14-21(28-27-20)24(30)29-26-15-18(25)13-16-7-3-2-4-8-16/h2-15H,1H3,(H,27,28)(H,29,30). The molecule has 4 rings (SSSR count). The molecule has 0 unspecified atom stereocenters. The number of methoxy groups -OCH3 is 1. The SMILES string of the molecule is COc1ccc2ccccc2c1-c1cc(C(=O)NN=CC(Cl)=Cc2ccccc2)[nH]n1. The molecule has 1 aromatic heterocycles. The Morgan fingerprint density at radius 2 is 1.87 bits per heavy atom. The van der Waals surface area contributed by atoms with Crippen molar-refractivity contribution in [3.63, 3.8) is 0 Å². The molecule has 0 aliphatic carbocycles. The monoisotopic (exact) mass is 430 g/mol. The lowest BCUT2D eigenvalue weighted by Gasteiger charge is -2.09. The maximum Gasteiger partial charge on any atom is 0.289 e. The minimum Gasteiger partial charge on any atom is -0.496 e. The number of halogens is 1. The number of nitrogens with zero attached hydrogens (tertiary/aromatic N) is 2. The highest BCUT2D eigenvalue weighted by molar-refractivity contribution is 6.41. The number of H-pyrrole nitrogens is 1. The van der Waals surface area contributed by atoms with Crippen molar-refractivity contribution in [2.75, 3.05) is 7.11 Å². The molecular weight excluding hydrogens is 412 g/mol. The van der Waals surface area contributed by atoms with Crippen LogP contribution in [0.2, 0.25) is 0 Å². The molecule has 0 fully saturated rings. The number of carbonyl (C=O) groups excluding carboxylic acids is 1. The summed E-state index contributed by atoms with van der Waals surface area (Å²) in [4.78, 5) is 12.5. The van der Waals surface area contributed by atoms with Gasteiger partial charge in [0.2, 0.25) is 0 Å². The van der Waals surface area contributed by atoms with E-state index in [1.807, 2.05) is 66.7 Å². The molecule has 0 aliphatic rings. The van der Waals surface area contributed by atoms with Crippen LogP contribution in [0.5, 0.6) is 5.75 Å². The number of aromatic nitrogens is 2. The molecule has 0 atom stereocenters. The first-order chi connectivity index (χ1) is 15.2. The second-order valence-corrected chi connectivity index (χ2v) is 7.11. The number of rotatable bonds is 6. The molecule has 2 N–H and O–H groups in total. The third-order valence-corrected chi connectivity index (χ3v) is 4.85. The number of nitrogens with one attached hydrogen (secondary N) is 2. The molecule has 3 aromatic carbocycles. The Bertz CT molecular complexity index is 1280. The average molecular weight is 431 g/mol. The van der Waals surface area contributed by atoms with E-state index < -0.39 is 5.91 Å². The van der Waals surface area contributed by atoms with E-state index in [4.69, 9.17) is 16.3 Å². The number of fused-ring (bicyclic) bond motifs is 1. The summed E-state index contributed by atoms with van der Waals surface area (Å²) < 4.78 is 5.52. The van der Waals surface area contributed by atoms with E-state index in [0.717, 1.165) is 21.9 Å². The van der Waals surface area contributed by atoms with Crippen LogP contribution in [0.4, 0.5) is 0 Å². The number of hydrazone groups is 1. The first-order valence-corrected chi connectivity index (χ1v) is 9.90. The summed E-state index contributed by atoms with van der Waals surface area (Å²) in [6.07, 6.45) is 3.12. The van der Waals surface area contributed by atoms with Crippen molar-refractivity contribution in [3.05, 3.63) is 89.1 Å². The Balaban J connectivity index is 1.52. The number of benzene rings is 3. The van der Waals surface area contributed by atoms with Crippen molar-refractivity contribution < 1.29 is 9.53 Å². The smallest absolute Gasteiger partial charge is 0.289 e. The highest BCUT2D eigenvalue weighted by atomic mass is 35.5. The highest BCUT2D eigenvalue weighted by Gasteiger charge is 2.16. The number of hydrogen-bond acceptors (Lipinski definition) is 4. The van der Waals surface area contributed by atoms with Crippen LogP contribution in [0, 0.1) is 0 Å². The fraction of sp³-hybridized carbons (Fsp3) is 0.0417. The molecule has 1 amide bonds. The van der Waals surface area contributed by atoms with E-state index >= 15 is 0 Å². The number of aromatic amines is 1. The number of hydrogen-bond donors (Lipinski definition) is 2. The lowest BCUT2D eigenvalue weighted by Crippen LogP contribution is -2.17. The van der Waals surface area contributed by atoms with Gasteiger partial charge < -0.3 is 4.74 Å². The largest absolute Gasteiger partial charge is 0.496 e. The second-order valence-electron chi connectivity index (χ2n) is 6.67. The Labute approximate surface area is 184 Å². The van der Waals surface area contributed by atoms with Crippen LogP contribution >= 0.6 is 11.6 Å². The lowest BCUT2D eigenvalue weighted by atomic mass is 10.0. The van der Waals surface area contributed by atoms with E-state index in [9.17, 15) is 4.79 Å². The molecular formula is C24H19ClN4O2. The van der Waals surface area contributed by atoms with Crippen molar-refractivity contribution in [1.29, 1.82) is 0 Å². The van der Waals surface area contributed by atoms with Crippen LogP contribution in [0.3, 0.4) is 0 Å². The summed E-state index contributed by atoms with van der Waals surface area (Å²) in [7, 11) is 1.61. The van der Waals surface area contributed by atoms with Gasteiger partial charge in [-0.25, -0.2) is 5.43 Å². The van der Waals surface area contributed by atoms with Crippen molar-refractivity contribution >= 4 is 40.6 Å². The van der Waals surface area contributed by atoms with Gasteiger partial charge in [-0.3, -0.25) is 9.89 Å². The van der Waals surface area contributed by atoms with E-state index in [1.54, 1.807) is 19.3 Å². The Morgan fingerprint density at radius 3 is 2.68 bits per heavy atom. The molecule has 154 valence electrons. The minimum absolute atomic E-state index is 0.269. The quantitative estimate of drug-likeness (QED) is 0.324. The highest BCUT2D eigenvalue weighted by Crippen LogP contribution is 2.36. The lowest BCUT2D eigenvalue weighted by molar-refractivity contribution is 0.0950. The normalized spacial score (nSPS) is 11.7. The van der Waals surface area contributed by atoms with E-state index in [0.29, 0.717) is 16.5 Å². The van der Waals surface area contributed by atoms with Gasteiger partial charge >= 0.3 is 0 Å². The topological polar surface area (TPSA) is 79.4 Å². The fourth-order valence-electron chi connectivity index (χ4n) is 3.21. The summed E-state index contributed by atoms with van der Waals surface area (Å²) >= 11 is 6.14. The van der Waals surface area contributed by atoms with Crippen LogP contribution in [0.25, 0.3) is 28.1 Å². The number of amides is 1. The molecule has 0 aliphatic heterocycles. The van der Waals surface area contributed by atoms with E-state index in [-0.39, 0.29) is 5.69 Å². The molecule has 0 saturated heterocycles. The predicted octanol–water partition coefficient (Wildman–Crippen LogP) is 5.23. The third-order valence-electron chi connectivity index (χ3n) is 4.65. The Hall–Kier alpha value is -3.90. The number of ether oxygens (including phenoxy) is 1. The molecule has 1 heterocycles.